The predicted octanol–water partition coefficient (Wildman–Crippen LogP) is 7.06. The standard InChI is InChI=1S/C28H24Cl2FNO4/c1-28(2,3)16-7-12-22(36-4)19(13-16)25(33)23-24(15-5-8-17(29)9-6-15)32(27(35)26(23)34)18-10-11-21(31)20(30)14-18/h5-14,24,33H,1-4H3/b25-23+. The summed E-state index contributed by atoms with van der Waals surface area (Å²) >= 11 is 12.1. The molecule has 36 heavy (non-hydrogen) atoms. The summed E-state index contributed by atoms with van der Waals surface area (Å²) < 4.78 is 19.4. The van der Waals surface area contributed by atoms with Crippen molar-refractivity contribution < 1.29 is 23.8 Å². The van der Waals surface area contributed by atoms with E-state index in [0.29, 0.717) is 16.3 Å². The van der Waals surface area contributed by atoms with E-state index in [0.717, 1.165) is 11.6 Å². The molecule has 1 atom stereocenters. The van der Waals surface area contributed by atoms with E-state index in [4.69, 9.17) is 27.9 Å². The number of ketones is 1. The first-order chi connectivity index (χ1) is 16.9. The SMILES string of the molecule is COc1ccc(C(C)(C)C)cc1/C(O)=C1\C(=O)C(=O)N(c2ccc(F)c(Cl)c2)C1c1ccc(Cl)cc1. The van der Waals surface area contributed by atoms with Crippen LogP contribution in [0.4, 0.5) is 10.1 Å². The number of methoxy groups -OCH3 is 1. The van der Waals surface area contributed by atoms with Crippen molar-refractivity contribution in [2.75, 3.05) is 12.0 Å². The molecule has 0 spiro atoms. The fourth-order valence-electron chi connectivity index (χ4n) is 4.20. The van der Waals surface area contributed by atoms with Crippen molar-refractivity contribution in [3.05, 3.63) is 98.8 Å². The summed E-state index contributed by atoms with van der Waals surface area (Å²) in [6.45, 7) is 6.05. The molecule has 1 aliphatic heterocycles. The summed E-state index contributed by atoms with van der Waals surface area (Å²) in [7, 11) is 1.46. The smallest absolute Gasteiger partial charge is 0.300 e. The molecule has 0 saturated carbocycles. The highest BCUT2D eigenvalue weighted by Gasteiger charge is 2.47. The molecule has 3 aromatic carbocycles. The number of Topliss-reactive ketones (excluding diaryl/α,β-unsaturated/α-hetero) is 1. The maximum absolute atomic E-state index is 13.9. The van der Waals surface area contributed by atoms with Gasteiger partial charge in [0.1, 0.15) is 17.3 Å². The topological polar surface area (TPSA) is 66.8 Å². The predicted molar refractivity (Wildman–Crippen MR) is 139 cm³/mol. The van der Waals surface area contributed by atoms with E-state index in [1.807, 2.05) is 26.8 Å². The number of hydrogen-bond donors (Lipinski definition) is 1. The van der Waals surface area contributed by atoms with Crippen LogP contribution in [0.25, 0.3) is 5.76 Å². The third-order valence-electron chi connectivity index (χ3n) is 6.13. The second kappa shape index (κ2) is 9.60. The lowest BCUT2D eigenvalue weighted by molar-refractivity contribution is -0.132. The molecule has 0 radical (unpaired) electrons. The Morgan fingerprint density at radius 3 is 2.25 bits per heavy atom. The van der Waals surface area contributed by atoms with Crippen molar-refractivity contribution >= 4 is 46.3 Å². The molecule has 1 N–H and O–H groups in total. The van der Waals surface area contributed by atoms with Crippen LogP contribution in [0.5, 0.6) is 5.75 Å². The first-order valence-electron chi connectivity index (χ1n) is 11.1. The highest BCUT2D eigenvalue weighted by atomic mass is 35.5. The minimum Gasteiger partial charge on any atom is -0.507 e. The molecule has 1 fully saturated rings. The van der Waals surface area contributed by atoms with Crippen LogP contribution in [-0.2, 0) is 15.0 Å². The van der Waals surface area contributed by atoms with Gasteiger partial charge < -0.3 is 9.84 Å². The van der Waals surface area contributed by atoms with Crippen molar-refractivity contribution in [2.24, 2.45) is 0 Å². The zero-order valence-corrected chi connectivity index (χ0v) is 21.6. The van der Waals surface area contributed by atoms with Crippen LogP contribution in [0, 0.1) is 5.82 Å². The second-order valence-corrected chi connectivity index (χ2v) is 10.3. The molecule has 1 saturated heterocycles. The van der Waals surface area contributed by atoms with Crippen LogP contribution in [-0.4, -0.2) is 23.9 Å². The Hall–Kier alpha value is -3.35. The first-order valence-corrected chi connectivity index (χ1v) is 11.9. The summed E-state index contributed by atoms with van der Waals surface area (Å²) in [6, 6.07) is 14.6. The number of aliphatic hydroxyl groups is 1. The van der Waals surface area contributed by atoms with Gasteiger partial charge in [0.25, 0.3) is 11.7 Å². The van der Waals surface area contributed by atoms with Crippen LogP contribution in [0.2, 0.25) is 10.0 Å². The fraction of sp³-hybridized carbons (Fsp3) is 0.214. The van der Waals surface area contributed by atoms with Crippen LogP contribution >= 0.6 is 23.2 Å². The summed E-state index contributed by atoms with van der Waals surface area (Å²) in [4.78, 5) is 27.9. The lowest BCUT2D eigenvalue weighted by atomic mass is 9.85. The molecule has 5 nitrogen and oxygen atoms in total. The van der Waals surface area contributed by atoms with Crippen LogP contribution in [0.3, 0.4) is 0 Å². The molecular weight excluding hydrogens is 504 g/mol. The van der Waals surface area contributed by atoms with E-state index < -0.39 is 23.5 Å². The summed E-state index contributed by atoms with van der Waals surface area (Å²) in [5.41, 5.74) is 1.51. The van der Waals surface area contributed by atoms with Crippen LogP contribution in [0.15, 0.2) is 66.2 Å². The van der Waals surface area contributed by atoms with Crippen molar-refractivity contribution in [1.82, 2.24) is 0 Å². The van der Waals surface area contributed by atoms with E-state index in [-0.39, 0.29) is 33.0 Å². The van der Waals surface area contributed by atoms with Gasteiger partial charge in [-0.1, -0.05) is 62.2 Å². The third-order valence-corrected chi connectivity index (χ3v) is 6.67. The van der Waals surface area contributed by atoms with Gasteiger partial charge in [-0.2, -0.15) is 0 Å². The number of amides is 1. The normalized spacial score (nSPS) is 17.5. The lowest BCUT2D eigenvalue weighted by Crippen LogP contribution is -2.29. The number of carbonyl (C=O) groups is 2. The first kappa shape index (κ1) is 25.7. The fourth-order valence-corrected chi connectivity index (χ4v) is 4.50. The second-order valence-electron chi connectivity index (χ2n) is 9.48. The van der Waals surface area contributed by atoms with E-state index in [1.165, 1.54) is 24.1 Å². The Labute approximate surface area is 218 Å². The Kier molecular flexibility index (Phi) is 6.86. The van der Waals surface area contributed by atoms with Crippen molar-refractivity contribution in [1.29, 1.82) is 0 Å². The number of aliphatic hydroxyl groups excluding tert-OH is 1. The number of carbonyl (C=O) groups excluding carboxylic acids is 2. The highest BCUT2D eigenvalue weighted by molar-refractivity contribution is 6.52. The highest BCUT2D eigenvalue weighted by Crippen LogP contribution is 2.44. The summed E-state index contributed by atoms with van der Waals surface area (Å²) in [5.74, 6) is -2.48. The molecular formula is C28H24Cl2FNO4. The van der Waals surface area contributed by atoms with Gasteiger partial charge in [0.15, 0.2) is 0 Å². The molecule has 0 bridgehead atoms. The summed E-state index contributed by atoms with van der Waals surface area (Å²) in [6.07, 6.45) is 0. The van der Waals surface area contributed by atoms with Gasteiger partial charge in [-0.3, -0.25) is 14.5 Å². The van der Waals surface area contributed by atoms with Gasteiger partial charge in [-0.25, -0.2) is 4.39 Å². The van der Waals surface area contributed by atoms with Gasteiger partial charge in [0.05, 0.1) is 29.3 Å². The molecule has 1 heterocycles. The minimum absolute atomic E-state index is 0.132. The van der Waals surface area contributed by atoms with Gasteiger partial charge in [0, 0.05) is 10.7 Å². The molecule has 1 aliphatic rings. The maximum atomic E-state index is 13.9. The summed E-state index contributed by atoms with van der Waals surface area (Å²) in [5, 5.41) is 11.8. The molecule has 0 aliphatic carbocycles. The van der Waals surface area contributed by atoms with E-state index in [1.54, 1.807) is 36.4 Å². The number of halogens is 3. The Bertz CT molecular complexity index is 1390. The van der Waals surface area contributed by atoms with Crippen LogP contribution < -0.4 is 9.64 Å². The Morgan fingerprint density at radius 2 is 1.67 bits per heavy atom. The molecule has 1 unspecified atom stereocenters. The van der Waals surface area contributed by atoms with Crippen LogP contribution in [0.1, 0.15) is 43.5 Å². The molecule has 0 aromatic heterocycles. The van der Waals surface area contributed by atoms with E-state index in [2.05, 4.69) is 0 Å². The van der Waals surface area contributed by atoms with Gasteiger partial charge in [-0.15, -0.1) is 0 Å². The van der Waals surface area contributed by atoms with E-state index in [9.17, 15) is 19.1 Å². The maximum Gasteiger partial charge on any atom is 0.300 e. The van der Waals surface area contributed by atoms with Crippen molar-refractivity contribution in [3.8, 4) is 5.75 Å². The van der Waals surface area contributed by atoms with Crippen molar-refractivity contribution in [3.63, 3.8) is 0 Å². The number of rotatable bonds is 4. The average Bonchev–Trinajstić information content (AvgIpc) is 3.10. The Balaban J connectivity index is 2.00. The molecule has 1 amide bonds. The lowest BCUT2D eigenvalue weighted by Gasteiger charge is -2.26. The third kappa shape index (κ3) is 4.59. The van der Waals surface area contributed by atoms with Gasteiger partial charge in [0.2, 0.25) is 0 Å². The number of anilines is 1. The van der Waals surface area contributed by atoms with Gasteiger partial charge in [-0.05, 0) is 59.0 Å². The quantitative estimate of drug-likeness (QED) is 0.224. The Morgan fingerprint density at radius 1 is 1.00 bits per heavy atom. The number of benzene rings is 3. The van der Waals surface area contributed by atoms with E-state index >= 15 is 0 Å². The molecule has 8 heteroatoms. The number of nitrogens with zero attached hydrogens (tertiary/aromatic N) is 1. The average molecular weight is 528 g/mol. The molecule has 3 aromatic rings. The molecule has 4 rings (SSSR count). The number of hydrogen-bond acceptors (Lipinski definition) is 4. The van der Waals surface area contributed by atoms with Crippen molar-refractivity contribution in [2.45, 2.75) is 32.2 Å². The molecule has 186 valence electrons. The minimum atomic E-state index is -1.02. The number of ether oxygens (including phenoxy) is 1. The van der Waals surface area contributed by atoms with Gasteiger partial charge >= 0.3 is 0 Å². The largest absolute Gasteiger partial charge is 0.507 e. The zero-order chi connectivity index (χ0) is 26.4. The monoisotopic (exact) mass is 527 g/mol. The zero-order valence-electron chi connectivity index (χ0n) is 20.1.